The third kappa shape index (κ3) is 4.52. The lowest BCUT2D eigenvalue weighted by molar-refractivity contribution is -0.384. The van der Waals surface area contributed by atoms with Crippen molar-refractivity contribution in [2.75, 3.05) is 0 Å². The van der Waals surface area contributed by atoms with Crippen molar-refractivity contribution < 1.29 is 14.1 Å². The van der Waals surface area contributed by atoms with Gasteiger partial charge < -0.3 is 9.73 Å². The number of non-ortho nitro benzene ring substituents is 1. The van der Waals surface area contributed by atoms with E-state index in [2.05, 4.69) is 10.3 Å². The summed E-state index contributed by atoms with van der Waals surface area (Å²) in [6.45, 7) is 2.06. The molecular formula is C21H17N3O4S2. The van der Waals surface area contributed by atoms with E-state index in [4.69, 9.17) is 4.42 Å². The maximum absolute atomic E-state index is 12.4. The number of benzene rings is 2. The van der Waals surface area contributed by atoms with Crippen LogP contribution in [0.25, 0.3) is 21.0 Å². The van der Waals surface area contributed by atoms with Gasteiger partial charge in [0.25, 0.3) is 5.69 Å². The summed E-state index contributed by atoms with van der Waals surface area (Å²) < 4.78 is 6.94. The third-order valence-electron chi connectivity index (χ3n) is 4.33. The number of nitrogens with zero attached hydrogens (tertiary/aromatic N) is 2. The number of fused-ring (bicyclic) bond motifs is 1. The number of nitro groups is 1. The number of carbonyl (C=O) groups is 1. The smallest absolute Gasteiger partial charge is 0.269 e. The van der Waals surface area contributed by atoms with Crippen LogP contribution in [-0.2, 0) is 11.3 Å². The van der Waals surface area contributed by atoms with Gasteiger partial charge in [-0.1, -0.05) is 12.1 Å². The van der Waals surface area contributed by atoms with Gasteiger partial charge in [-0.15, -0.1) is 23.1 Å². The van der Waals surface area contributed by atoms with Gasteiger partial charge in [-0.05, 0) is 43.3 Å². The number of hydrogen-bond acceptors (Lipinski definition) is 7. The molecule has 2 aromatic heterocycles. The number of amides is 1. The van der Waals surface area contributed by atoms with Crippen molar-refractivity contribution in [3.05, 3.63) is 76.5 Å². The molecule has 4 rings (SSSR count). The second kappa shape index (κ2) is 8.68. The van der Waals surface area contributed by atoms with E-state index in [1.165, 1.54) is 23.9 Å². The topological polar surface area (TPSA) is 98.3 Å². The van der Waals surface area contributed by atoms with Crippen LogP contribution < -0.4 is 5.32 Å². The normalized spacial score (nSPS) is 12.0. The molecule has 0 saturated heterocycles. The number of para-hydroxylation sites is 1. The predicted molar refractivity (Wildman–Crippen MR) is 118 cm³/mol. The van der Waals surface area contributed by atoms with Gasteiger partial charge in [0.05, 0.1) is 26.9 Å². The van der Waals surface area contributed by atoms with Gasteiger partial charge in [0.15, 0.2) is 10.8 Å². The molecule has 30 heavy (non-hydrogen) atoms. The highest BCUT2D eigenvalue weighted by atomic mass is 32.2. The summed E-state index contributed by atoms with van der Waals surface area (Å²) in [5.41, 5.74) is 0.957. The van der Waals surface area contributed by atoms with Gasteiger partial charge in [-0.2, -0.15) is 0 Å². The molecule has 0 aliphatic rings. The van der Waals surface area contributed by atoms with Crippen LogP contribution in [0.3, 0.4) is 0 Å². The number of nitrogens with one attached hydrogen (secondary N) is 1. The minimum absolute atomic E-state index is 0.0261. The first-order valence-corrected chi connectivity index (χ1v) is 10.8. The van der Waals surface area contributed by atoms with Gasteiger partial charge >= 0.3 is 0 Å². The van der Waals surface area contributed by atoms with Crippen LogP contribution in [0, 0.1) is 10.1 Å². The second-order valence-corrected chi connectivity index (χ2v) is 8.93. The molecule has 4 aromatic rings. The highest BCUT2D eigenvalue weighted by molar-refractivity contribution is 8.00. The van der Waals surface area contributed by atoms with Crippen LogP contribution in [0.15, 0.2) is 70.0 Å². The molecule has 0 aliphatic heterocycles. The van der Waals surface area contributed by atoms with Crippen LogP contribution in [0.4, 0.5) is 5.69 Å². The quantitative estimate of drug-likeness (QED) is 0.240. The first kappa shape index (κ1) is 20.1. The maximum Gasteiger partial charge on any atom is 0.269 e. The number of thioether (sulfide) groups is 1. The monoisotopic (exact) mass is 439 g/mol. The Morgan fingerprint density at radius 2 is 1.97 bits per heavy atom. The summed E-state index contributed by atoms with van der Waals surface area (Å²) in [4.78, 5) is 28.0. The fraction of sp³-hybridized carbons (Fsp3) is 0.143. The Morgan fingerprint density at radius 3 is 2.70 bits per heavy atom. The van der Waals surface area contributed by atoms with E-state index in [1.807, 2.05) is 36.4 Å². The van der Waals surface area contributed by atoms with Crippen molar-refractivity contribution in [1.82, 2.24) is 10.3 Å². The average molecular weight is 440 g/mol. The standard InChI is InChI=1S/C21H17N3O4S2/c1-13(29-16-9-6-14(7-10-16)24(26)27)20(25)22-12-15-8-11-18(28-15)21-23-17-4-2-3-5-19(17)30-21/h2-11,13H,12H2,1H3,(H,22,25). The summed E-state index contributed by atoms with van der Waals surface area (Å²) in [5, 5.41) is 14.0. The van der Waals surface area contributed by atoms with E-state index in [1.54, 1.807) is 30.4 Å². The Bertz CT molecular complexity index is 1170. The van der Waals surface area contributed by atoms with E-state index >= 15 is 0 Å². The van der Waals surface area contributed by atoms with Crippen LogP contribution in [0.5, 0.6) is 0 Å². The highest BCUT2D eigenvalue weighted by Gasteiger charge is 2.16. The van der Waals surface area contributed by atoms with E-state index in [0.717, 1.165) is 20.1 Å². The summed E-state index contributed by atoms with van der Waals surface area (Å²) in [6, 6.07) is 17.7. The number of carbonyl (C=O) groups excluding carboxylic acids is 1. The van der Waals surface area contributed by atoms with Gasteiger partial charge in [-0.25, -0.2) is 4.98 Å². The molecule has 7 nitrogen and oxygen atoms in total. The fourth-order valence-electron chi connectivity index (χ4n) is 2.79. The molecule has 1 atom stereocenters. The zero-order chi connectivity index (χ0) is 21.1. The van der Waals surface area contributed by atoms with Gasteiger partial charge in [0.1, 0.15) is 5.76 Å². The number of thiazole rings is 1. The molecule has 0 saturated carbocycles. The van der Waals surface area contributed by atoms with Gasteiger partial charge in [-0.3, -0.25) is 14.9 Å². The van der Waals surface area contributed by atoms with Crippen LogP contribution in [0.2, 0.25) is 0 Å². The van der Waals surface area contributed by atoms with Crippen molar-refractivity contribution in [3.63, 3.8) is 0 Å². The Labute approximate surface area is 180 Å². The molecular weight excluding hydrogens is 422 g/mol. The van der Waals surface area contributed by atoms with E-state index < -0.39 is 4.92 Å². The van der Waals surface area contributed by atoms with Crippen molar-refractivity contribution in [2.45, 2.75) is 23.6 Å². The molecule has 2 aromatic carbocycles. The zero-order valence-corrected chi connectivity index (χ0v) is 17.5. The zero-order valence-electron chi connectivity index (χ0n) is 15.9. The Hall–Kier alpha value is -3.17. The van der Waals surface area contributed by atoms with Crippen LogP contribution >= 0.6 is 23.1 Å². The second-order valence-electron chi connectivity index (χ2n) is 6.48. The largest absolute Gasteiger partial charge is 0.457 e. The molecule has 152 valence electrons. The number of furan rings is 1. The summed E-state index contributed by atoms with van der Waals surface area (Å²) in [5.74, 6) is 1.18. The SMILES string of the molecule is CC(Sc1ccc([N+](=O)[O-])cc1)C(=O)NCc1ccc(-c2nc3ccccc3s2)o1. The van der Waals surface area contributed by atoms with Crippen molar-refractivity contribution in [2.24, 2.45) is 0 Å². The lowest BCUT2D eigenvalue weighted by Gasteiger charge is -2.11. The Morgan fingerprint density at radius 1 is 1.20 bits per heavy atom. The molecule has 9 heteroatoms. The Balaban J connectivity index is 1.34. The number of aromatic nitrogens is 1. The Kier molecular flexibility index (Phi) is 5.82. The molecule has 1 amide bonds. The van der Waals surface area contributed by atoms with Crippen molar-refractivity contribution in [3.8, 4) is 10.8 Å². The average Bonchev–Trinajstić information content (AvgIpc) is 3.39. The molecule has 0 fully saturated rings. The molecule has 0 spiro atoms. The van der Waals surface area contributed by atoms with Crippen LogP contribution in [0.1, 0.15) is 12.7 Å². The molecule has 1 unspecified atom stereocenters. The first-order chi connectivity index (χ1) is 14.5. The first-order valence-electron chi connectivity index (χ1n) is 9.13. The number of hydrogen-bond donors (Lipinski definition) is 1. The highest BCUT2D eigenvalue weighted by Crippen LogP contribution is 2.31. The van der Waals surface area contributed by atoms with E-state index in [0.29, 0.717) is 11.5 Å². The number of rotatable bonds is 7. The fourth-order valence-corrected chi connectivity index (χ4v) is 4.61. The maximum atomic E-state index is 12.4. The van der Waals surface area contributed by atoms with Crippen molar-refractivity contribution in [1.29, 1.82) is 0 Å². The third-order valence-corrected chi connectivity index (χ3v) is 6.50. The lowest BCUT2D eigenvalue weighted by atomic mass is 10.3. The van der Waals surface area contributed by atoms with Crippen molar-refractivity contribution >= 4 is 44.9 Å². The predicted octanol–water partition coefficient (Wildman–Crippen LogP) is 5.26. The molecule has 1 N–H and O–H groups in total. The molecule has 2 heterocycles. The molecule has 0 aliphatic carbocycles. The summed E-state index contributed by atoms with van der Waals surface area (Å²) in [7, 11) is 0. The van der Waals surface area contributed by atoms with Gasteiger partial charge in [0.2, 0.25) is 5.91 Å². The summed E-state index contributed by atoms with van der Waals surface area (Å²) in [6.07, 6.45) is 0. The lowest BCUT2D eigenvalue weighted by Crippen LogP contribution is -2.30. The summed E-state index contributed by atoms with van der Waals surface area (Å²) >= 11 is 2.90. The molecule has 0 bridgehead atoms. The number of nitro benzene ring substituents is 1. The molecule has 0 radical (unpaired) electrons. The van der Waals surface area contributed by atoms with E-state index in [9.17, 15) is 14.9 Å². The minimum atomic E-state index is -0.448. The minimum Gasteiger partial charge on any atom is -0.457 e. The van der Waals surface area contributed by atoms with Crippen LogP contribution in [-0.4, -0.2) is 21.1 Å². The van der Waals surface area contributed by atoms with E-state index in [-0.39, 0.29) is 23.4 Å². The van der Waals surface area contributed by atoms with Gasteiger partial charge in [0, 0.05) is 17.0 Å².